The first-order valence-corrected chi connectivity index (χ1v) is 9.89. The number of hydrogen-bond acceptors (Lipinski definition) is 4. The maximum atomic E-state index is 4.80. The summed E-state index contributed by atoms with van der Waals surface area (Å²) in [5.41, 5.74) is 4.79. The van der Waals surface area contributed by atoms with Crippen LogP contribution in [0.4, 0.5) is 0 Å². The minimum Gasteiger partial charge on any atom is -0.341 e. The van der Waals surface area contributed by atoms with Gasteiger partial charge in [-0.2, -0.15) is 0 Å². The van der Waals surface area contributed by atoms with Crippen molar-refractivity contribution in [2.75, 3.05) is 13.1 Å². The standard InChI is InChI=1S/C22H27N5/c1-23-13-4-5-15-27(16-21-25-18-10-2-3-11-19(18)26-21)20-12-6-8-17-9-7-14-24-22(17)20/h2-3,7,9-11,14,20H,1,4-6,8,12-13,15-16H2,(H,25,26)/t20-/m0/s1. The van der Waals surface area contributed by atoms with Gasteiger partial charge in [0.25, 0.3) is 0 Å². The van der Waals surface area contributed by atoms with Gasteiger partial charge >= 0.3 is 0 Å². The molecular formula is C22H27N5. The summed E-state index contributed by atoms with van der Waals surface area (Å²) in [5.74, 6) is 1.03. The predicted molar refractivity (Wildman–Crippen MR) is 110 cm³/mol. The molecule has 140 valence electrons. The average molecular weight is 361 g/mol. The first-order valence-electron chi connectivity index (χ1n) is 9.89. The fraction of sp³-hybridized carbons (Fsp3) is 0.409. The lowest BCUT2D eigenvalue weighted by molar-refractivity contribution is 0.159. The quantitative estimate of drug-likeness (QED) is 0.480. The number of H-pyrrole nitrogens is 1. The predicted octanol–water partition coefficient (Wildman–Crippen LogP) is 4.32. The number of rotatable bonds is 8. The number of benzene rings is 1. The first-order chi connectivity index (χ1) is 13.3. The van der Waals surface area contributed by atoms with Gasteiger partial charge in [-0.05, 0) is 69.1 Å². The number of aryl methyl sites for hydroxylation is 1. The zero-order valence-electron chi connectivity index (χ0n) is 15.8. The van der Waals surface area contributed by atoms with Gasteiger partial charge in [0.15, 0.2) is 0 Å². The second kappa shape index (κ2) is 8.44. The molecule has 1 aliphatic rings. The van der Waals surface area contributed by atoms with Gasteiger partial charge in [0.1, 0.15) is 5.82 Å². The number of nitrogens with one attached hydrogen (secondary N) is 1. The van der Waals surface area contributed by atoms with Crippen molar-refractivity contribution in [1.82, 2.24) is 19.9 Å². The molecule has 1 aromatic carbocycles. The Balaban J connectivity index is 1.58. The molecule has 0 amide bonds. The molecule has 3 aromatic rings. The van der Waals surface area contributed by atoms with Gasteiger partial charge in [-0.15, -0.1) is 0 Å². The van der Waals surface area contributed by atoms with Crippen LogP contribution in [0.1, 0.15) is 48.8 Å². The SMILES string of the molecule is C=NCCCCN(Cc1nc2ccccc2[nH]1)[C@H]1CCCc2cccnc21. The smallest absolute Gasteiger partial charge is 0.121 e. The van der Waals surface area contributed by atoms with E-state index in [4.69, 9.17) is 9.97 Å². The molecule has 2 aromatic heterocycles. The van der Waals surface area contributed by atoms with Crippen molar-refractivity contribution in [2.24, 2.45) is 4.99 Å². The highest BCUT2D eigenvalue weighted by Gasteiger charge is 2.27. The number of pyridine rings is 1. The number of aromatic nitrogens is 3. The minimum atomic E-state index is 0.361. The highest BCUT2D eigenvalue weighted by molar-refractivity contribution is 5.74. The Morgan fingerprint density at radius 3 is 3.00 bits per heavy atom. The van der Waals surface area contributed by atoms with Crippen LogP contribution >= 0.6 is 0 Å². The average Bonchev–Trinajstić information content (AvgIpc) is 3.12. The van der Waals surface area contributed by atoms with Crippen LogP contribution in [-0.2, 0) is 13.0 Å². The normalized spacial score (nSPS) is 16.6. The number of imidazole rings is 1. The van der Waals surface area contributed by atoms with Crippen molar-refractivity contribution in [1.29, 1.82) is 0 Å². The Morgan fingerprint density at radius 2 is 2.11 bits per heavy atom. The number of nitrogens with zero attached hydrogens (tertiary/aromatic N) is 4. The third kappa shape index (κ3) is 4.08. The Kier molecular flexibility index (Phi) is 5.58. The molecule has 0 spiro atoms. The Morgan fingerprint density at radius 1 is 1.19 bits per heavy atom. The molecule has 0 fully saturated rings. The molecule has 1 atom stereocenters. The van der Waals surface area contributed by atoms with E-state index in [1.165, 1.54) is 17.7 Å². The van der Waals surface area contributed by atoms with Crippen LogP contribution in [0.15, 0.2) is 47.6 Å². The molecule has 5 nitrogen and oxygen atoms in total. The summed E-state index contributed by atoms with van der Waals surface area (Å²) < 4.78 is 0. The van der Waals surface area contributed by atoms with Gasteiger partial charge in [-0.1, -0.05) is 18.2 Å². The largest absolute Gasteiger partial charge is 0.341 e. The number of fused-ring (bicyclic) bond motifs is 2. The van der Waals surface area contributed by atoms with Gasteiger partial charge in [0.05, 0.1) is 29.3 Å². The summed E-state index contributed by atoms with van der Waals surface area (Å²) in [7, 11) is 0. The molecule has 0 bridgehead atoms. The first kappa shape index (κ1) is 17.9. The molecular weight excluding hydrogens is 334 g/mol. The van der Waals surface area contributed by atoms with E-state index in [2.05, 4.69) is 45.9 Å². The van der Waals surface area contributed by atoms with Crippen molar-refractivity contribution in [3.05, 3.63) is 59.7 Å². The Labute approximate surface area is 160 Å². The van der Waals surface area contributed by atoms with Crippen molar-refractivity contribution in [3.63, 3.8) is 0 Å². The lowest BCUT2D eigenvalue weighted by Gasteiger charge is -2.34. The van der Waals surface area contributed by atoms with Crippen LogP contribution in [0.2, 0.25) is 0 Å². The highest BCUT2D eigenvalue weighted by atomic mass is 15.2. The zero-order valence-corrected chi connectivity index (χ0v) is 15.8. The van der Waals surface area contributed by atoms with Crippen LogP contribution in [-0.4, -0.2) is 39.7 Å². The maximum Gasteiger partial charge on any atom is 0.121 e. The van der Waals surface area contributed by atoms with E-state index in [1.807, 2.05) is 18.3 Å². The Bertz CT molecular complexity index is 867. The molecule has 0 saturated heterocycles. The van der Waals surface area contributed by atoms with Gasteiger partial charge in [-0.3, -0.25) is 9.88 Å². The summed E-state index contributed by atoms with van der Waals surface area (Å²) >= 11 is 0. The molecule has 5 heteroatoms. The number of hydrogen-bond donors (Lipinski definition) is 1. The highest BCUT2D eigenvalue weighted by Crippen LogP contribution is 2.33. The second-order valence-corrected chi connectivity index (χ2v) is 7.28. The fourth-order valence-electron chi connectivity index (χ4n) is 4.10. The lowest BCUT2D eigenvalue weighted by atomic mass is 9.90. The third-order valence-corrected chi connectivity index (χ3v) is 5.41. The van der Waals surface area contributed by atoms with Crippen molar-refractivity contribution in [2.45, 2.75) is 44.7 Å². The monoisotopic (exact) mass is 361 g/mol. The van der Waals surface area contributed by atoms with E-state index >= 15 is 0 Å². The van der Waals surface area contributed by atoms with E-state index in [-0.39, 0.29) is 0 Å². The molecule has 0 radical (unpaired) electrons. The number of unbranched alkanes of at least 4 members (excludes halogenated alkanes) is 1. The van der Waals surface area contributed by atoms with Gasteiger partial charge < -0.3 is 9.98 Å². The molecule has 0 aliphatic heterocycles. The van der Waals surface area contributed by atoms with Crippen molar-refractivity contribution >= 4 is 17.8 Å². The summed E-state index contributed by atoms with van der Waals surface area (Å²) in [6.07, 6.45) is 7.62. The molecule has 1 aliphatic carbocycles. The minimum absolute atomic E-state index is 0.361. The molecule has 1 N–H and O–H groups in total. The second-order valence-electron chi connectivity index (χ2n) is 7.28. The number of para-hydroxylation sites is 2. The van der Waals surface area contributed by atoms with Crippen molar-refractivity contribution < 1.29 is 0 Å². The van der Waals surface area contributed by atoms with Crippen LogP contribution in [0, 0.1) is 0 Å². The molecule has 0 unspecified atom stereocenters. The Hall–Kier alpha value is -2.53. The van der Waals surface area contributed by atoms with Crippen LogP contribution in [0.25, 0.3) is 11.0 Å². The fourth-order valence-corrected chi connectivity index (χ4v) is 4.10. The van der Waals surface area contributed by atoms with E-state index in [0.29, 0.717) is 6.04 Å². The molecule has 27 heavy (non-hydrogen) atoms. The molecule has 4 rings (SSSR count). The van der Waals surface area contributed by atoms with Crippen LogP contribution in [0.3, 0.4) is 0 Å². The molecule has 0 saturated carbocycles. The summed E-state index contributed by atoms with van der Waals surface area (Å²) in [4.78, 5) is 19.6. The zero-order chi connectivity index (χ0) is 18.5. The molecule has 2 heterocycles. The van der Waals surface area contributed by atoms with E-state index < -0.39 is 0 Å². The van der Waals surface area contributed by atoms with Crippen LogP contribution < -0.4 is 0 Å². The third-order valence-electron chi connectivity index (χ3n) is 5.41. The van der Waals surface area contributed by atoms with Gasteiger partial charge in [-0.25, -0.2) is 4.98 Å². The van der Waals surface area contributed by atoms with Gasteiger partial charge in [0, 0.05) is 12.7 Å². The van der Waals surface area contributed by atoms with E-state index in [0.717, 1.165) is 62.2 Å². The number of aromatic amines is 1. The maximum absolute atomic E-state index is 4.80. The van der Waals surface area contributed by atoms with E-state index in [1.54, 1.807) is 0 Å². The topological polar surface area (TPSA) is 57.2 Å². The van der Waals surface area contributed by atoms with E-state index in [9.17, 15) is 0 Å². The van der Waals surface area contributed by atoms with Crippen molar-refractivity contribution in [3.8, 4) is 0 Å². The summed E-state index contributed by atoms with van der Waals surface area (Å²) in [5, 5.41) is 0. The van der Waals surface area contributed by atoms with Gasteiger partial charge in [0.2, 0.25) is 0 Å². The van der Waals surface area contributed by atoms with Crippen LogP contribution in [0.5, 0.6) is 0 Å². The summed E-state index contributed by atoms with van der Waals surface area (Å²) in [6.45, 7) is 6.27. The summed E-state index contributed by atoms with van der Waals surface area (Å²) in [6, 6.07) is 12.9. The lowest BCUT2D eigenvalue weighted by Crippen LogP contribution is -2.33. The number of aliphatic imine (C=N–C) groups is 1.